The van der Waals surface area contributed by atoms with Gasteiger partial charge in [-0.1, -0.05) is 42.0 Å². The summed E-state index contributed by atoms with van der Waals surface area (Å²) >= 11 is 0. The molecule has 0 aromatic heterocycles. The van der Waals surface area contributed by atoms with Crippen molar-refractivity contribution in [2.24, 2.45) is 0 Å². The monoisotopic (exact) mass is 581 g/mol. The maximum Gasteiger partial charge on any atom is 0.264 e. The minimum Gasteiger partial charge on any atom is -0.497 e. The highest BCUT2D eigenvalue weighted by atomic mass is 32.2. The Morgan fingerprint density at radius 1 is 0.902 bits per heavy atom. The van der Waals surface area contributed by atoms with E-state index in [0.717, 1.165) is 15.4 Å². The van der Waals surface area contributed by atoms with E-state index in [2.05, 4.69) is 5.32 Å². The van der Waals surface area contributed by atoms with Crippen LogP contribution in [0, 0.1) is 6.92 Å². The number of sulfonamides is 1. The molecule has 9 nitrogen and oxygen atoms in total. The molecular formula is C31H39N3O6S. The molecule has 1 atom stereocenters. The molecule has 3 rings (SSSR count). The molecule has 41 heavy (non-hydrogen) atoms. The van der Waals surface area contributed by atoms with Crippen LogP contribution in [0.2, 0.25) is 0 Å². The van der Waals surface area contributed by atoms with E-state index in [-0.39, 0.29) is 28.8 Å². The van der Waals surface area contributed by atoms with Crippen molar-refractivity contribution >= 4 is 27.5 Å². The van der Waals surface area contributed by atoms with Crippen LogP contribution in [0.1, 0.15) is 38.8 Å². The molecule has 3 aromatic rings. The molecule has 0 spiro atoms. The van der Waals surface area contributed by atoms with Crippen molar-refractivity contribution in [1.29, 1.82) is 0 Å². The van der Waals surface area contributed by atoms with Gasteiger partial charge in [-0.15, -0.1) is 0 Å². The summed E-state index contributed by atoms with van der Waals surface area (Å²) in [4.78, 5) is 28.7. The minimum atomic E-state index is -4.24. The van der Waals surface area contributed by atoms with E-state index >= 15 is 0 Å². The van der Waals surface area contributed by atoms with Crippen molar-refractivity contribution in [1.82, 2.24) is 10.2 Å². The summed E-state index contributed by atoms with van der Waals surface area (Å²) in [7, 11) is -1.32. The van der Waals surface area contributed by atoms with Gasteiger partial charge in [0.15, 0.2) is 0 Å². The van der Waals surface area contributed by atoms with Crippen LogP contribution in [0.25, 0.3) is 0 Å². The highest BCUT2D eigenvalue weighted by Crippen LogP contribution is 2.33. The topological polar surface area (TPSA) is 105 Å². The number of anilines is 1. The van der Waals surface area contributed by atoms with Crippen molar-refractivity contribution in [3.63, 3.8) is 0 Å². The number of aryl methyl sites for hydroxylation is 1. The SMILES string of the molecule is COc1ccc(S(=O)(=O)N(CC(=O)N(Cc2ccc(C)cc2)[C@H](C)C(=O)NC(C)(C)C)c2ccccc2OC)cc1. The van der Waals surface area contributed by atoms with Crippen LogP contribution in [-0.4, -0.2) is 57.5 Å². The predicted octanol–water partition coefficient (Wildman–Crippen LogP) is 4.54. The fourth-order valence-electron chi connectivity index (χ4n) is 4.17. The fraction of sp³-hybridized carbons (Fsp3) is 0.355. The van der Waals surface area contributed by atoms with Gasteiger partial charge < -0.3 is 19.7 Å². The summed E-state index contributed by atoms with van der Waals surface area (Å²) in [5.41, 5.74) is 1.53. The van der Waals surface area contributed by atoms with Gasteiger partial charge in [0, 0.05) is 12.1 Å². The molecule has 0 fully saturated rings. The van der Waals surface area contributed by atoms with Gasteiger partial charge in [-0.2, -0.15) is 0 Å². The molecule has 1 N–H and O–H groups in total. The number of nitrogens with zero attached hydrogens (tertiary/aromatic N) is 2. The summed E-state index contributed by atoms with van der Waals surface area (Å²) in [5, 5.41) is 2.92. The van der Waals surface area contributed by atoms with Crippen LogP contribution in [0.3, 0.4) is 0 Å². The van der Waals surface area contributed by atoms with Gasteiger partial charge in [-0.05, 0) is 76.6 Å². The Morgan fingerprint density at radius 2 is 1.51 bits per heavy atom. The van der Waals surface area contributed by atoms with Crippen molar-refractivity contribution in [3.8, 4) is 11.5 Å². The lowest BCUT2D eigenvalue weighted by atomic mass is 10.1. The second kappa shape index (κ2) is 13.1. The van der Waals surface area contributed by atoms with E-state index in [1.807, 2.05) is 52.0 Å². The van der Waals surface area contributed by atoms with E-state index in [4.69, 9.17) is 9.47 Å². The van der Waals surface area contributed by atoms with E-state index < -0.39 is 34.1 Å². The Bertz CT molecular complexity index is 1450. The molecule has 10 heteroatoms. The molecular weight excluding hydrogens is 542 g/mol. The number of nitrogens with one attached hydrogen (secondary N) is 1. The molecule has 0 heterocycles. The number of hydrogen-bond donors (Lipinski definition) is 1. The van der Waals surface area contributed by atoms with Gasteiger partial charge in [0.25, 0.3) is 10.0 Å². The lowest BCUT2D eigenvalue weighted by molar-refractivity contribution is -0.140. The van der Waals surface area contributed by atoms with E-state index in [9.17, 15) is 18.0 Å². The highest BCUT2D eigenvalue weighted by molar-refractivity contribution is 7.92. The van der Waals surface area contributed by atoms with Crippen molar-refractivity contribution in [3.05, 3.63) is 83.9 Å². The van der Waals surface area contributed by atoms with Crippen LogP contribution in [0.4, 0.5) is 5.69 Å². The zero-order valence-electron chi connectivity index (χ0n) is 24.7. The summed E-state index contributed by atoms with van der Waals surface area (Å²) < 4.78 is 39.7. The predicted molar refractivity (Wildman–Crippen MR) is 160 cm³/mol. The second-order valence-corrected chi connectivity index (χ2v) is 12.6. The molecule has 0 saturated carbocycles. The van der Waals surface area contributed by atoms with Gasteiger partial charge >= 0.3 is 0 Å². The van der Waals surface area contributed by atoms with Crippen LogP contribution in [0.15, 0.2) is 77.7 Å². The quantitative estimate of drug-likeness (QED) is 0.357. The third-order valence-electron chi connectivity index (χ3n) is 6.42. The molecule has 0 aliphatic carbocycles. The lowest BCUT2D eigenvalue weighted by Gasteiger charge is -2.33. The lowest BCUT2D eigenvalue weighted by Crippen LogP contribution is -2.54. The molecule has 0 aliphatic heterocycles. The van der Waals surface area contributed by atoms with Crippen molar-refractivity contribution in [2.45, 2.75) is 57.6 Å². The number of amides is 2. The molecule has 220 valence electrons. The Kier molecular flexibility index (Phi) is 10.0. The first kappa shape index (κ1) is 31.5. The Labute approximate surface area is 243 Å². The Hall–Kier alpha value is -4.05. The summed E-state index contributed by atoms with van der Waals surface area (Å²) in [6.45, 7) is 8.71. The van der Waals surface area contributed by atoms with Crippen LogP contribution in [-0.2, 0) is 26.2 Å². The molecule has 0 bridgehead atoms. The highest BCUT2D eigenvalue weighted by Gasteiger charge is 2.34. The third kappa shape index (κ3) is 8.00. The zero-order valence-corrected chi connectivity index (χ0v) is 25.5. The number of ether oxygens (including phenoxy) is 2. The van der Waals surface area contributed by atoms with Crippen LogP contribution in [0.5, 0.6) is 11.5 Å². The third-order valence-corrected chi connectivity index (χ3v) is 8.19. The van der Waals surface area contributed by atoms with E-state index in [0.29, 0.717) is 5.75 Å². The summed E-state index contributed by atoms with van der Waals surface area (Å²) in [5.74, 6) is -0.127. The molecule has 2 amide bonds. The largest absolute Gasteiger partial charge is 0.497 e. The average Bonchev–Trinajstić information content (AvgIpc) is 2.94. The first-order chi connectivity index (χ1) is 19.3. The number of benzene rings is 3. The fourth-order valence-corrected chi connectivity index (χ4v) is 5.60. The second-order valence-electron chi connectivity index (χ2n) is 10.8. The summed E-state index contributed by atoms with van der Waals surface area (Å²) in [6, 6.07) is 19.2. The first-order valence-corrected chi connectivity index (χ1v) is 14.7. The van der Waals surface area contributed by atoms with Gasteiger partial charge in [-0.3, -0.25) is 13.9 Å². The Morgan fingerprint density at radius 3 is 2.07 bits per heavy atom. The zero-order chi connectivity index (χ0) is 30.4. The number of methoxy groups -OCH3 is 2. The van der Waals surface area contributed by atoms with Gasteiger partial charge in [-0.25, -0.2) is 8.42 Å². The molecule has 0 aliphatic rings. The minimum absolute atomic E-state index is 0.0272. The number of carbonyl (C=O) groups is 2. The standard InChI is InChI=1S/C31H39N3O6S/c1-22-12-14-24(15-13-22)20-33(23(2)30(36)32-31(3,4)5)29(35)21-34(27-10-8-9-11-28(27)40-7)41(37,38)26-18-16-25(39-6)17-19-26/h8-19,23H,20-21H2,1-7H3,(H,32,36)/t23-/m1/s1. The maximum absolute atomic E-state index is 14.1. The average molecular weight is 582 g/mol. The van der Waals surface area contributed by atoms with Gasteiger partial charge in [0.05, 0.1) is 24.8 Å². The van der Waals surface area contributed by atoms with Gasteiger partial charge in [0.1, 0.15) is 24.1 Å². The van der Waals surface area contributed by atoms with Crippen LogP contribution < -0.4 is 19.1 Å². The number of rotatable bonds is 11. The maximum atomic E-state index is 14.1. The number of hydrogen-bond acceptors (Lipinski definition) is 6. The molecule has 0 radical (unpaired) electrons. The van der Waals surface area contributed by atoms with E-state index in [1.165, 1.54) is 43.4 Å². The number of carbonyl (C=O) groups excluding carboxylic acids is 2. The van der Waals surface area contributed by atoms with Gasteiger partial charge in [0.2, 0.25) is 11.8 Å². The van der Waals surface area contributed by atoms with Crippen LogP contribution >= 0.6 is 0 Å². The van der Waals surface area contributed by atoms with Crippen molar-refractivity contribution < 1.29 is 27.5 Å². The Balaban J connectivity index is 2.07. The number of para-hydroxylation sites is 2. The smallest absolute Gasteiger partial charge is 0.264 e. The first-order valence-electron chi connectivity index (χ1n) is 13.2. The molecule has 3 aromatic carbocycles. The molecule has 0 unspecified atom stereocenters. The summed E-state index contributed by atoms with van der Waals surface area (Å²) in [6.07, 6.45) is 0. The normalized spacial score (nSPS) is 12.3. The van der Waals surface area contributed by atoms with Crippen molar-refractivity contribution in [2.75, 3.05) is 25.1 Å². The van der Waals surface area contributed by atoms with E-state index in [1.54, 1.807) is 31.2 Å². The molecule has 0 saturated heterocycles.